The first-order valence-corrected chi connectivity index (χ1v) is 12.2. The van der Waals surface area contributed by atoms with Crippen molar-refractivity contribution in [3.05, 3.63) is 60.3 Å². The Morgan fingerprint density at radius 2 is 1.41 bits per heavy atom. The van der Waals surface area contributed by atoms with Crippen LogP contribution in [0.4, 0.5) is 23.1 Å². The summed E-state index contributed by atoms with van der Waals surface area (Å²) in [4.78, 5) is 69.2. The van der Waals surface area contributed by atoms with Crippen molar-refractivity contribution in [1.82, 2.24) is 28.2 Å². The van der Waals surface area contributed by atoms with Gasteiger partial charge in [0.15, 0.2) is 11.6 Å². The third kappa shape index (κ3) is 6.49. The summed E-state index contributed by atoms with van der Waals surface area (Å²) in [5.41, 5.74) is 0.271. The molecular weight excluding hydrogens is 536 g/mol. The molecule has 5 N–H and O–H groups in total. The average molecular weight is 565 g/mol. The maximum absolute atomic E-state index is 12.6. The van der Waals surface area contributed by atoms with E-state index in [4.69, 9.17) is 5.11 Å². The Morgan fingerprint density at radius 3 is 2.02 bits per heavy atom. The van der Waals surface area contributed by atoms with Crippen LogP contribution in [0.3, 0.4) is 0 Å². The monoisotopic (exact) mass is 564 g/mol. The van der Waals surface area contributed by atoms with E-state index in [1.165, 1.54) is 40.8 Å². The molecule has 0 saturated carbocycles. The van der Waals surface area contributed by atoms with Gasteiger partial charge in [0.2, 0.25) is 17.6 Å². The summed E-state index contributed by atoms with van der Waals surface area (Å²) in [7, 11) is 6.46. The SMILES string of the molecule is Cn1cc(NC(=O)c2nc(NC(=O)CCC(=O)Nc3ccc(NC(=O)c4nccn4C)n3C)cn2C)cc1C(=O)O. The van der Waals surface area contributed by atoms with Gasteiger partial charge in [-0.2, -0.15) is 0 Å². The molecule has 0 aromatic carbocycles. The maximum atomic E-state index is 12.6. The Morgan fingerprint density at radius 1 is 0.780 bits per heavy atom. The number of rotatable bonds is 10. The molecule has 41 heavy (non-hydrogen) atoms. The third-order valence-corrected chi connectivity index (χ3v) is 6.06. The van der Waals surface area contributed by atoms with E-state index in [2.05, 4.69) is 31.2 Å². The Bertz CT molecular complexity index is 1660. The van der Waals surface area contributed by atoms with Gasteiger partial charge in [-0.1, -0.05) is 0 Å². The number of nitrogens with one attached hydrogen (secondary N) is 4. The molecule has 4 heterocycles. The molecular formula is C25H28N10O6. The van der Waals surface area contributed by atoms with Crippen molar-refractivity contribution in [1.29, 1.82) is 0 Å². The van der Waals surface area contributed by atoms with Crippen molar-refractivity contribution in [3.63, 3.8) is 0 Å². The van der Waals surface area contributed by atoms with E-state index >= 15 is 0 Å². The fourth-order valence-electron chi connectivity index (χ4n) is 3.93. The van der Waals surface area contributed by atoms with E-state index in [0.717, 1.165) is 0 Å². The lowest BCUT2D eigenvalue weighted by Gasteiger charge is -2.10. The first-order valence-electron chi connectivity index (χ1n) is 12.2. The molecule has 0 aliphatic rings. The fourth-order valence-corrected chi connectivity index (χ4v) is 3.93. The number of imidazole rings is 2. The molecule has 4 rings (SSSR count). The molecule has 0 spiro atoms. The molecule has 4 aromatic rings. The molecule has 4 amide bonds. The number of nitrogens with zero attached hydrogens (tertiary/aromatic N) is 6. The number of hydrogen-bond acceptors (Lipinski definition) is 7. The van der Waals surface area contributed by atoms with Gasteiger partial charge in [0.25, 0.3) is 11.8 Å². The normalized spacial score (nSPS) is 10.7. The second-order valence-corrected chi connectivity index (χ2v) is 9.12. The number of carboxylic acid groups (broad SMARTS) is 1. The summed E-state index contributed by atoms with van der Waals surface area (Å²) in [6, 6.07) is 4.55. The van der Waals surface area contributed by atoms with Crippen molar-refractivity contribution in [2.24, 2.45) is 28.2 Å². The number of aromatic carboxylic acids is 1. The zero-order valence-corrected chi connectivity index (χ0v) is 22.6. The van der Waals surface area contributed by atoms with Gasteiger partial charge in [-0.05, 0) is 18.2 Å². The van der Waals surface area contributed by atoms with Gasteiger partial charge in [-0.25, -0.2) is 14.8 Å². The maximum Gasteiger partial charge on any atom is 0.352 e. The van der Waals surface area contributed by atoms with Crippen LogP contribution in [0.25, 0.3) is 0 Å². The number of carbonyl (C=O) groups is 5. The lowest BCUT2D eigenvalue weighted by atomic mass is 10.3. The van der Waals surface area contributed by atoms with Crippen LogP contribution in [0.5, 0.6) is 0 Å². The van der Waals surface area contributed by atoms with Gasteiger partial charge in [0.05, 0.1) is 5.69 Å². The third-order valence-electron chi connectivity index (χ3n) is 6.06. The zero-order chi connectivity index (χ0) is 29.8. The Kier molecular flexibility index (Phi) is 8.02. The molecule has 0 saturated heterocycles. The van der Waals surface area contributed by atoms with Gasteiger partial charge >= 0.3 is 5.97 Å². The molecule has 214 valence electrons. The van der Waals surface area contributed by atoms with Crippen molar-refractivity contribution in [2.45, 2.75) is 12.8 Å². The van der Waals surface area contributed by atoms with Crippen molar-refractivity contribution in [2.75, 3.05) is 21.3 Å². The summed E-state index contributed by atoms with van der Waals surface area (Å²) in [5, 5.41) is 19.7. The van der Waals surface area contributed by atoms with E-state index in [9.17, 15) is 24.0 Å². The van der Waals surface area contributed by atoms with Gasteiger partial charge < -0.3 is 44.6 Å². The average Bonchev–Trinajstić information content (AvgIpc) is 3.67. The Labute approximate surface area is 233 Å². The van der Waals surface area contributed by atoms with Gasteiger partial charge in [-0.15, -0.1) is 0 Å². The van der Waals surface area contributed by atoms with Crippen LogP contribution in [-0.4, -0.2) is 62.9 Å². The molecule has 0 bridgehead atoms. The van der Waals surface area contributed by atoms with Crippen molar-refractivity contribution >= 4 is 52.7 Å². The minimum absolute atomic E-state index is 0.00276. The molecule has 0 aliphatic heterocycles. The smallest absolute Gasteiger partial charge is 0.352 e. The van der Waals surface area contributed by atoms with Gasteiger partial charge in [0.1, 0.15) is 17.3 Å². The van der Waals surface area contributed by atoms with Crippen molar-refractivity contribution < 1.29 is 29.1 Å². The highest BCUT2D eigenvalue weighted by atomic mass is 16.4. The topological polar surface area (TPSA) is 199 Å². The lowest BCUT2D eigenvalue weighted by Crippen LogP contribution is -2.20. The predicted octanol–water partition coefficient (Wildman–Crippen LogP) is 1.39. The largest absolute Gasteiger partial charge is 0.477 e. The molecule has 16 nitrogen and oxygen atoms in total. The van der Waals surface area contributed by atoms with E-state index in [1.807, 2.05) is 0 Å². The number of carboxylic acids is 1. The van der Waals surface area contributed by atoms with Gasteiger partial charge in [-0.3, -0.25) is 19.2 Å². The second kappa shape index (κ2) is 11.6. The highest BCUT2D eigenvalue weighted by Crippen LogP contribution is 2.19. The Balaban J connectivity index is 1.27. The fraction of sp³-hybridized carbons (Fsp3) is 0.240. The highest BCUT2D eigenvalue weighted by Gasteiger charge is 2.19. The number of aromatic nitrogens is 6. The van der Waals surface area contributed by atoms with Crippen LogP contribution < -0.4 is 21.3 Å². The molecule has 16 heteroatoms. The molecule has 0 atom stereocenters. The van der Waals surface area contributed by atoms with E-state index in [0.29, 0.717) is 11.6 Å². The van der Waals surface area contributed by atoms with E-state index in [-0.39, 0.29) is 41.7 Å². The molecule has 4 aromatic heterocycles. The Hall–Kier alpha value is -5.67. The number of aryl methyl sites for hydroxylation is 3. The quantitative estimate of drug-likeness (QED) is 0.190. The minimum Gasteiger partial charge on any atom is -0.477 e. The highest BCUT2D eigenvalue weighted by molar-refractivity contribution is 6.04. The van der Waals surface area contributed by atoms with Gasteiger partial charge in [0, 0.05) is 65.8 Å². The summed E-state index contributed by atoms with van der Waals surface area (Å²) in [5.74, 6) is -1.89. The molecule has 0 radical (unpaired) electrons. The minimum atomic E-state index is -1.14. The van der Waals surface area contributed by atoms with Crippen LogP contribution in [0.1, 0.15) is 44.6 Å². The van der Waals surface area contributed by atoms with Crippen LogP contribution in [0.2, 0.25) is 0 Å². The predicted molar refractivity (Wildman–Crippen MR) is 147 cm³/mol. The van der Waals surface area contributed by atoms with E-state index in [1.54, 1.807) is 48.6 Å². The lowest BCUT2D eigenvalue weighted by molar-refractivity contribution is -0.121. The summed E-state index contributed by atoms with van der Waals surface area (Å²) < 4.78 is 5.92. The van der Waals surface area contributed by atoms with Crippen LogP contribution in [0, 0.1) is 0 Å². The number of hydrogen-bond donors (Lipinski definition) is 5. The number of amides is 4. The summed E-state index contributed by atoms with van der Waals surface area (Å²) in [6.07, 6.45) is 5.76. The zero-order valence-electron chi connectivity index (χ0n) is 22.6. The van der Waals surface area contributed by atoms with E-state index < -0.39 is 29.6 Å². The van der Waals surface area contributed by atoms with Crippen LogP contribution in [-0.2, 0) is 37.8 Å². The van der Waals surface area contributed by atoms with Crippen LogP contribution >= 0.6 is 0 Å². The standard InChI is InChI=1S/C25H28N10O6/c1-32-10-9-26-21(32)23(38)31-18-6-5-17(35(18)4)30-20(37)8-7-19(36)28-16-13-34(3)22(29-16)24(39)27-14-11-15(25(40)41)33(2)12-14/h5-6,9-13H,7-8H2,1-4H3,(H,27,39)(H,28,36)(H,30,37)(H,31,38)(H,40,41). The number of carbonyl (C=O) groups excluding carboxylic acids is 4. The first kappa shape index (κ1) is 28.3. The van der Waals surface area contributed by atoms with Crippen molar-refractivity contribution in [3.8, 4) is 0 Å². The second-order valence-electron chi connectivity index (χ2n) is 9.12. The molecule has 0 unspecified atom stereocenters. The molecule has 0 aliphatic carbocycles. The summed E-state index contributed by atoms with van der Waals surface area (Å²) >= 11 is 0. The first-order chi connectivity index (χ1) is 19.4. The van der Waals surface area contributed by atoms with Crippen LogP contribution in [0.15, 0.2) is 43.0 Å². The summed E-state index contributed by atoms with van der Waals surface area (Å²) in [6.45, 7) is 0. The number of anilines is 4. The molecule has 0 fully saturated rings.